The quantitative estimate of drug-likeness (QED) is 0.743. The number of fused-ring (bicyclic) bond motifs is 3. The van der Waals surface area contributed by atoms with E-state index in [-0.39, 0.29) is 6.10 Å². The lowest BCUT2D eigenvalue weighted by atomic mass is 10.1. The lowest BCUT2D eigenvalue weighted by Crippen LogP contribution is -2.24. The number of aromatic nitrogens is 3. The number of nitrogens with one attached hydrogen (secondary N) is 2. The van der Waals surface area contributed by atoms with Gasteiger partial charge in [-0.3, -0.25) is 4.98 Å². The van der Waals surface area contributed by atoms with Crippen molar-refractivity contribution in [2.45, 2.75) is 26.0 Å². The number of hydrogen-bond donors (Lipinski definition) is 2. The Labute approximate surface area is 144 Å². The van der Waals surface area contributed by atoms with Crippen molar-refractivity contribution in [3.8, 4) is 5.75 Å². The molecule has 4 rings (SSSR count). The van der Waals surface area contributed by atoms with Crippen LogP contribution in [0.25, 0.3) is 10.2 Å². The summed E-state index contributed by atoms with van der Waals surface area (Å²) in [4.78, 5) is 15.4. The van der Waals surface area contributed by atoms with Gasteiger partial charge in [0.2, 0.25) is 0 Å². The standard InChI is InChI=1S/C17H19N5OS/c1-11(23-12-3-2-5-18-8-12)7-20-16-15-13-4-6-19-9-14(13)24-17(15)22-10-21-16/h2-3,5,8,10-11,19H,4,6-7,9H2,1H3,(H,20,21,22). The van der Waals surface area contributed by atoms with Crippen molar-refractivity contribution < 1.29 is 4.74 Å². The molecule has 7 heteroatoms. The smallest absolute Gasteiger partial charge is 0.138 e. The lowest BCUT2D eigenvalue weighted by Gasteiger charge is -2.17. The average molecular weight is 341 g/mol. The highest BCUT2D eigenvalue weighted by atomic mass is 32.1. The third-order valence-corrected chi connectivity index (χ3v) is 5.18. The van der Waals surface area contributed by atoms with Gasteiger partial charge in [-0.2, -0.15) is 0 Å². The van der Waals surface area contributed by atoms with E-state index in [4.69, 9.17) is 4.74 Å². The highest BCUT2D eigenvalue weighted by molar-refractivity contribution is 7.18. The van der Waals surface area contributed by atoms with Gasteiger partial charge in [0, 0.05) is 17.6 Å². The summed E-state index contributed by atoms with van der Waals surface area (Å²) in [5, 5.41) is 8.02. The molecule has 124 valence electrons. The number of pyridine rings is 1. The van der Waals surface area contributed by atoms with E-state index in [0.29, 0.717) is 6.54 Å². The largest absolute Gasteiger partial charge is 0.487 e. The van der Waals surface area contributed by atoms with Crippen molar-refractivity contribution in [1.82, 2.24) is 20.3 Å². The summed E-state index contributed by atoms with van der Waals surface area (Å²) < 4.78 is 5.87. The van der Waals surface area contributed by atoms with Crippen LogP contribution in [0.5, 0.6) is 5.75 Å². The Hall–Kier alpha value is -2.25. The number of nitrogens with zero attached hydrogens (tertiary/aromatic N) is 3. The molecule has 3 aromatic heterocycles. The fraction of sp³-hybridized carbons (Fsp3) is 0.353. The van der Waals surface area contributed by atoms with E-state index in [1.807, 2.05) is 19.1 Å². The number of thiophene rings is 1. The molecule has 0 saturated heterocycles. The Kier molecular flexibility index (Phi) is 4.27. The summed E-state index contributed by atoms with van der Waals surface area (Å²) in [5.41, 5.74) is 1.39. The van der Waals surface area contributed by atoms with Gasteiger partial charge in [-0.15, -0.1) is 11.3 Å². The van der Waals surface area contributed by atoms with E-state index in [9.17, 15) is 0 Å². The van der Waals surface area contributed by atoms with Crippen LogP contribution in [0.3, 0.4) is 0 Å². The van der Waals surface area contributed by atoms with Crippen molar-refractivity contribution in [3.63, 3.8) is 0 Å². The van der Waals surface area contributed by atoms with E-state index in [1.165, 1.54) is 15.8 Å². The van der Waals surface area contributed by atoms with E-state index < -0.39 is 0 Å². The van der Waals surface area contributed by atoms with Crippen molar-refractivity contribution >= 4 is 27.4 Å². The van der Waals surface area contributed by atoms with Crippen molar-refractivity contribution in [1.29, 1.82) is 0 Å². The first kappa shape index (κ1) is 15.3. The number of rotatable bonds is 5. The Bertz CT molecular complexity index is 836. The lowest BCUT2D eigenvalue weighted by molar-refractivity contribution is 0.234. The molecule has 2 N–H and O–H groups in total. The predicted octanol–water partition coefficient (Wildman–Crippen LogP) is 2.61. The summed E-state index contributed by atoms with van der Waals surface area (Å²) in [5.74, 6) is 1.68. The van der Waals surface area contributed by atoms with Crippen molar-refractivity contribution in [3.05, 3.63) is 41.3 Å². The molecule has 3 aromatic rings. The van der Waals surface area contributed by atoms with Crippen LogP contribution in [-0.2, 0) is 13.0 Å². The minimum absolute atomic E-state index is 0.00958. The molecule has 0 aromatic carbocycles. The van der Waals surface area contributed by atoms with Crippen LogP contribution in [-0.4, -0.2) is 34.1 Å². The van der Waals surface area contributed by atoms with Crippen LogP contribution in [0, 0.1) is 0 Å². The molecule has 0 aliphatic carbocycles. The zero-order valence-corrected chi connectivity index (χ0v) is 14.3. The molecule has 4 heterocycles. The second-order valence-electron chi connectivity index (χ2n) is 5.83. The van der Waals surface area contributed by atoms with Gasteiger partial charge in [-0.25, -0.2) is 9.97 Å². The SMILES string of the molecule is CC(CNc1ncnc2sc3c(c12)CCNC3)Oc1cccnc1. The van der Waals surface area contributed by atoms with Gasteiger partial charge in [0.25, 0.3) is 0 Å². The molecule has 1 atom stereocenters. The fourth-order valence-electron chi connectivity index (χ4n) is 2.92. The highest BCUT2D eigenvalue weighted by Crippen LogP contribution is 2.35. The first-order chi connectivity index (χ1) is 11.8. The molecule has 1 aliphatic heterocycles. The summed E-state index contributed by atoms with van der Waals surface area (Å²) in [6, 6.07) is 3.78. The van der Waals surface area contributed by atoms with Crippen LogP contribution >= 0.6 is 11.3 Å². The van der Waals surface area contributed by atoms with Crippen LogP contribution in [0.15, 0.2) is 30.9 Å². The van der Waals surface area contributed by atoms with Gasteiger partial charge >= 0.3 is 0 Å². The normalized spacial score (nSPS) is 15.0. The number of anilines is 1. The second kappa shape index (κ2) is 6.70. The maximum atomic E-state index is 5.87. The Morgan fingerprint density at radius 2 is 2.38 bits per heavy atom. The molecule has 6 nitrogen and oxygen atoms in total. The van der Waals surface area contributed by atoms with Gasteiger partial charge < -0.3 is 15.4 Å². The molecule has 24 heavy (non-hydrogen) atoms. The van der Waals surface area contributed by atoms with Crippen LogP contribution in [0.1, 0.15) is 17.4 Å². The van der Waals surface area contributed by atoms with Gasteiger partial charge in [-0.1, -0.05) is 0 Å². The molecule has 0 saturated carbocycles. The molecule has 0 spiro atoms. The van der Waals surface area contributed by atoms with Gasteiger partial charge in [0.05, 0.1) is 18.1 Å². The summed E-state index contributed by atoms with van der Waals surface area (Å²) in [6.45, 7) is 4.64. The minimum Gasteiger partial charge on any atom is -0.487 e. The molecule has 0 bridgehead atoms. The van der Waals surface area contributed by atoms with Crippen LogP contribution < -0.4 is 15.4 Å². The summed E-state index contributed by atoms with van der Waals surface area (Å²) >= 11 is 1.76. The zero-order chi connectivity index (χ0) is 16.4. The molecular weight excluding hydrogens is 322 g/mol. The number of hydrogen-bond acceptors (Lipinski definition) is 7. The van der Waals surface area contributed by atoms with Crippen molar-refractivity contribution in [2.24, 2.45) is 0 Å². The zero-order valence-electron chi connectivity index (χ0n) is 13.5. The first-order valence-corrected chi connectivity index (χ1v) is 8.89. The Morgan fingerprint density at radius 3 is 3.25 bits per heavy atom. The fourth-order valence-corrected chi connectivity index (χ4v) is 4.08. The topological polar surface area (TPSA) is 72.0 Å². The van der Waals surface area contributed by atoms with E-state index >= 15 is 0 Å². The van der Waals surface area contributed by atoms with Gasteiger partial charge in [0.1, 0.15) is 28.8 Å². The summed E-state index contributed by atoms with van der Waals surface area (Å²) in [6.07, 6.45) is 6.13. The molecule has 0 amide bonds. The van der Waals surface area contributed by atoms with E-state index in [0.717, 1.165) is 35.9 Å². The molecular formula is C17H19N5OS. The highest BCUT2D eigenvalue weighted by Gasteiger charge is 2.19. The summed E-state index contributed by atoms with van der Waals surface area (Å²) in [7, 11) is 0. The number of ether oxygens (including phenoxy) is 1. The molecule has 0 fully saturated rings. The predicted molar refractivity (Wildman–Crippen MR) is 95.6 cm³/mol. The van der Waals surface area contributed by atoms with Crippen LogP contribution in [0.4, 0.5) is 5.82 Å². The molecule has 1 unspecified atom stereocenters. The van der Waals surface area contributed by atoms with Crippen molar-refractivity contribution in [2.75, 3.05) is 18.4 Å². The van der Waals surface area contributed by atoms with Gasteiger partial charge in [-0.05, 0) is 37.6 Å². The third-order valence-electron chi connectivity index (χ3n) is 4.04. The van der Waals surface area contributed by atoms with Crippen LogP contribution in [0.2, 0.25) is 0 Å². The van der Waals surface area contributed by atoms with E-state index in [2.05, 4.69) is 25.6 Å². The maximum Gasteiger partial charge on any atom is 0.138 e. The Morgan fingerprint density at radius 1 is 1.42 bits per heavy atom. The third kappa shape index (κ3) is 3.05. The van der Waals surface area contributed by atoms with E-state index in [1.54, 1.807) is 30.1 Å². The molecule has 0 radical (unpaired) electrons. The Balaban J connectivity index is 1.51. The second-order valence-corrected chi connectivity index (χ2v) is 6.91. The monoisotopic (exact) mass is 341 g/mol. The maximum absolute atomic E-state index is 5.87. The van der Waals surface area contributed by atoms with Gasteiger partial charge in [0.15, 0.2) is 0 Å². The minimum atomic E-state index is 0.00958. The average Bonchev–Trinajstić information content (AvgIpc) is 3.00. The molecule has 1 aliphatic rings. The first-order valence-electron chi connectivity index (χ1n) is 8.08.